The van der Waals surface area contributed by atoms with E-state index in [1.54, 1.807) is 0 Å². The molecule has 0 saturated heterocycles. The topological polar surface area (TPSA) is 55.1 Å². The highest BCUT2D eigenvalue weighted by atomic mass is 16.1. The number of primary amides is 1. The van der Waals surface area contributed by atoms with E-state index in [1.807, 2.05) is 31.2 Å². The van der Waals surface area contributed by atoms with Gasteiger partial charge in [0.15, 0.2) is 0 Å². The number of nitrogens with two attached hydrogens (primary N) is 1. The average molecular weight is 206 g/mol. The van der Waals surface area contributed by atoms with Crippen LogP contribution in [0.15, 0.2) is 24.3 Å². The second-order valence-corrected chi connectivity index (χ2v) is 3.65. The van der Waals surface area contributed by atoms with Crippen LogP contribution in [0.5, 0.6) is 0 Å². The molecule has 1 unspecified atom stereocenters. The molecule has 0 aromatic heterocycles. The molecule has 0 aliphatic carbocycles. The van der Waals surface area contributed by atoms with Gasteiger partial charge in [-0.1, -0.05) is 31.2 Å². The monoisotopic (exact) mass is 206 g/mol. The van der Waals surface area contributed by atoms with Crippen LogP contribution in [0.2, 0.25) is 0 Å². The van der Waals surface area contributed by atoms with Gasteiger partial charge in [0.2, 0.25) is 5.91 Å². The molecule has 15 heavy (non-hydrogen) atoms. The van der Waals surface area contributed by atoms with Crippen LogP contribution in [0.4, 0.5) is 0 Å². The van der Waals surface area contributed by atoms with E-state index in [-0.39, 0.29) is 11.9 Å². The van der Waals surface area contributed by atoms with Crippen molar-refractivity contribution in [2.24, 2.45) is 5.73 Å². The van der Waals surface area contributed by atoms with Gasteiger partial charge in [0.05, 0.1) is 0 Å². The number of benzene rings is 1. The summed E-state index contributed by atoms with van der Waals surface area (Å²) in [5.41, 5.74) is 7.44. The lowest BCUT2D eigenvalue weighted by Gasteiger charge is -2.17. The Balaban J connectivity index is 2.89. The Labute approximate surface area is 90.7 Å². The van der Waals surface area contributed by atoms with E-state index >= 15 is 0 Å². The summed E-state index contributed by atoms with van der Waals surface area (Å²) < 4.78 is 0. The van der Waals surface area contributed by atoms with Gasteiger partial charge in [-0.25, -0.2) is 0 Å². The summed E-state index contributed by atoms with van der Waals surface area (Å²) in [7, 11) is 0. The number of carbonyl (C=O) groups is 1. The summed E-state index contributed by atoms with van der Waals surface area (Å²) in [6, 6.07) is 7.43. The van der Waals surface area contributed by atoms with Crippen molar-refractivity contribution in [3.8, 4) is 0 Å². The van der Waals surface area contributed by atoms with Crippen LogP contribution in [-0.4, -0.2) is 12.5 Å². The lowest BCUT2D eigenvalue weighted by Crippen LogP contribution is -2.34. The molecular formula is C12H18N2O. The molecule has 0 aliphatic heterocycles. The Morgan fingerprint density at radius 1 is 1.47 bits per heavy atom. The maximum Gasteiger partial charge on any atom is 0.239 e. The van der Waals surface area contributed by atoms with Crippen LogP contribution in [0.3, 0.4) is 0 Å². The first-order valence-corrected chi connectivity index (χ1v) is 5.25. The first kappa shape index (κ1) is 11.7. The van der Waals surface area contributed by atoms with E-state index in [0.29, 0.717) is 0 Å². The number of carbonyl (C=O) groups excluding carboxylic acids is 1. The number of rotatable bonds is 5. The van der Waals surface area contributed by atoms with E-state index in [0.717, 1.165) is 24.1 Å². The van der Waals surface area contributed by atoms with Crippen LogP contribution in [0.25, 0.3) is 0 Å². The Hall–Kier alpha value is -1.35. The normalized spacial score (nSPS) is 12.4. The summed E-state index contributed by atoms with van der Waals surface area (Å²) in [6.45, 7) is 4.84. The standard InChI is InChI=1S/C12H18N2O/c1-3-8-14-11(12(13)15)10-7-5-4-6-9(10)2/h4-7,11,14H,3,8H2,1-2H3,(H2,13,15). The summed E-state index contributed by atoms with van der Waals surface area (Å²) in [4.78, 5) is 11.3. The van der Waals surface area contributed by atoms with E-state index in [9.17, 15) is 4.79 Å². The van der Waals surface area contributed by atoms with Crippen LogP contribution >= 0.6 is 0 Å². The van der Waals surface area contributed by atoms with E-state index in [1.165, 1.54) is 0 Å². The van der Waals surface area contributed by atoms with Crippen molar-refractivity contribution in [1.82, 2.24) is 5.32 Å². The second-order valence-electron chi connectivity index (χ2n) is 3.65. The van der Waals surface area contributed by atoms with Gasteiger partial charge in [0.1, 0.15) is 6.04 Å². The largest absolute Gasteiger partial charge is 0.368 e. The molecule has 0 bridgehead atoms. The van der Waals surface area contributed by atoms with Crippen molar-refractivity contribution >= 4 is 5.91 Å². The Morgan fingerprint density at radius 2 is 2.13 bits per heavy atom. The minimum absolute atomic E-state index is 0.322. The predicted molar refractivity (Wildman–Crippen MR) is 61.4 cm³/mol. The fourth-order valence-corrected chi connectivity index (χ4v) is 1.56. The molecule has 0 aliphatic rings. The predicted octanol–water partition coefficient (Wildman–Crippen LogP) is 1.52. The smallest absolute Gasteiger partial charge is 0.239 e. The van der Waals surface area contributed by atoms with E-state index in [4.69, 9.17) is 5.73 Å². The van der Waals surface area contributed by atoms with Gasteiger partial charge >= 0.3 is 0 Å². The molecule has 1 amide bonds. The molecule has 0 fully saturated rings. The number of hydrogen-bond acceptors (Lipinski definition) is 2. The molecular weight excluding hydrogens is 188 g/mol. The number of nitrogens with one attached hydrogen (secondary N) is 1. The van der Waals surface area contributed by atoms with Crippen LogP contribution in [-0.2, 0) is 4.79 Å². The SMILES string of the molecule is CCCNC(C(N)=O)c1ccccc1C. The summed E-state index contributed by atoms with van der Waals surface area (Å²) in [5, 5.41) is 3.15. The molecule has 0 spiro atoms. The number of aryl methyl sites for hydroxylation is 1. The average Bonchev–Trinajstić information content (AvgIpc) is 2.20. The molecule has 3 nitrogen and oxygen atoms in total. The van der Waals surface area contributed by atoms with E-state index in [2.05, 4.69) is 12.2 Å². The van der Waals surface area contributed by atoms with Crippen molar-refractivity contribution in [2.75, 3.05) is 6.54 Å². The van der Waals surface area contributed by atoms with Crippen molar-refractivity contribution in [1.29, 1.82) is 0 Å². The summed E-state index contributed by atoms with van der Waals surface area (Å²) in [6.07, 6.45) is 0.982. The highest BCUT2D eigenvalue weighted by molar-refractivity contribution is 5.81. The molecule has 0 radical (unpaired) electrons. The number of amides is 1. The maximum atomic E-state index is 11.3. The van der Waals surface area contributed by atoms with Crippen molar-refractivity contribution in [3.05, 3.63) is 35.4 Å². The fraction of sp³-hybridized carbons (Fsp3) is 0.417. The minimum atomic E-state index is -0.369. The number of hydrogen-bond donors (Lipinski definition) is 2. The summed E-state index contributed by atoms with van der Waals surface area (Å²) in [5.74, 6) is -0.322. The van der Waals surface area contributed by atoms with Gasteiger partial charge in [-0.3, -0.25) is 4.79 Å². The van der Waals surface area contributed by atoms with Crippen LogP contribution in [0.1, 0.15) is 30.5 Å². The first-order valence-electron chi connectivity index (χ1n) is 5.25. The molecule has 82 valence electrons. The molecule has 3 N–H and O–H groups in total. The van der Waals surface area contributed by atoms with E-state index < -0.39 is 0 Å². The Kier molecular flexibility index (Phi) is 4.31. The summed E-state index contributed by atoms with van der Waals surface area (Å²) >= 11 is 0. The minimum Gasteiger partial charge on any atom is -0.368 e. The molecule has 1 rings (SSSR count). The van der Waals surface area contributed by atoms with Gasteiger partial charge in [-0.15, -0.1) is 0 Å². The highest BCUT2D eigenvalue weighted by Gasteiger charge is 2.17. The maximum absolute atomic E-state index is 11.3. The second kappa shape index (κ2) is 5.51. The zero-order valence-corrected chi connectivity index (χ0v) is 9.29. The molecule has 0 saturated carbocycles. The molecule has 0 heterocycles. The van der Waals surface area contributed by atoms with Crippen LogP contribution in [0, 0.1) is 6.92 Å². The van der Waals surface area contributed by atoms with Crippen LogP contribution < -0.4 is 11.1 Å². The van der Waals surface area contributed by atoms with Crippen molar-refractivity contribution in [3.63, 3.8) is 0 Å². The van der Waals surface area contributed by atoms with Gasteiger partial charge in [-0.2, -0.15) is 0 Å². The quantitative estimate of drug-likeness (QED) is 0.767. The van der Waals surface area contributed by atoms with Gasteiger partial charge in [0, 0.05) is 0 Å². The zero-order valence-electron chi connectivity index (χ0n) is 9.29. The lowest BCUT2D eigenvalue weighted by molar-refractivity contribution is -0.120. The third kappa shape index (κ3) is 3.06. The molecule has 1 atom stereocenters. The van der Waals surface area contributed by atoms with Gasteiger partial charge < -0.3 is 11.1 Å². The zero-order chi connectivity index (χ0) is 11.3. The van der Waals surface area contributed by atoms with Gasteiger partial charge in [0.25, 0.3) is 0 Å². The third-order valence-corrected chi connectivity index (χ3v) is 2.38. The Morgan fingerprint density at radius 3 is 2.67 bits per heavy atom. The molecule has 1 aromatic carbocycles. The highest BCUT2D eigenvalue weighted by Crippen LogP contribution is 2.16. The third-order valence-electron chi connectivity index (χ3n) is 2.38. The van der Waals surface area contributed by atoms with Gasteiger partial charge in [-0.05, 0) is 31.0 Å². The lowest BCUT2D eigenvalue weighted by atomic mass is 10.0. The van der Waals surface area contributed by atoms with Crippen molar-refractivity contribution in [2.45, 2.75) is 26.3 Å². The first-order chi connectivity index (χ1) is 7.16. The molecule has 3 heteroatoms. The molecule has 1 aromatic rings. The fourth-order valence-electron chi connectivity index (χ4n) is 1.56. The van der Waals surface area contributed by atoms with Crippen molar-refractivity contribution < 1.29 is 4.79 Å². The Bertz CT molecular complexity index is 336.